The van der Waals surface area contributed by atoms with Gasteiger partial charge in [0.2, 0.25) is 5.91 Å². The van der Waals surface area contributed by atoms with Gasteiger partial charge in [0.1, 0.15) is 5.54 Å². The number of nitrogens with zero attached hydrogens (tertiary/aromatic N) is 1. The molecule has 0 heterocycles. The lowest BCUT2D eigenvalue weighted by Gasteiger charge is -2.37. The van der Waals surface area contributed by atoms with Gasteiger partial charge in [0.25, 0.3) is 0 Å². The van der Waals surface area contributed by atoms with Gasteiger partial charge in [0, 0.05) is 19.1 Å². The molecule has 1 fully saturated rings. The third-order valence-corrected chi connectivity index (χ3v) is 3.56. The van der Waals surface area contributed by atoms with Crippen LogP contribution < -0.4 is 11.1 Å². The Morgan fingerprint density at radius 1 is 1.40 bits per heavy atom. The van der Waals surface area contributed by atoms with Crippen LogP contribution in [0.25, 0.3) is 0 Å². The summed E-state index contributed by atoms with van der Waals surface area (Å²) in [5.41, 5.74) is 4.62. The topological polar surface area (TPSA) is 58.4 Å². The first-order valence-corrected chi connectivity index (χ1v) is 6.90. The molecule has 0 bridgehead atoms. The predicted octanol–water partition coefficient (Wildman–Crippen LogP) is 1.50. The van der Waals surface area contributed by atoms with Crippen molar-refractivity contribution in [1.82, 2.24) is 10.2 Å². The predicted molar refractivity (Wildman–Crippen MR) is 71.1 cm³/mol. The number of hydrogen-bond acceptors (Lipinski definition) is 3. The summed E-state index contributed by atoms with van der Waals surface area (Å²) in [7, 11) is 1.59. The molecule has 20 heavy (non-hydrogen) atoms. The lowest BCUT2D eigenvalue weighted by Crippen LogP contribution is -2.64. The van der Waals surface area contributed by atoms with Crippen LogP contribution in [0.3, 0.4) is 0 Å². The lowest BCUT2D eigenvalue weighted by atomic mass is 9.90. The van der Waals surface area contributed by atoms with Gasteiger partial charge < -0.3 is 10.6 Å². The fourth-order valence-corrected chi connectivity index (χ4v) is 2.56. The Bertz CT molecular complexity index is 342. The minimum Gasteiger partial charge on any atom is -0.368 e. The SMILES string of the molecule is CC(C)NC(CN(C)CCC(F)(F)F)(C(N)=O)C1CC1. The number of nitrogens with two attached hydrogens (primary N) is 1. The van der Waals surface area contributed by atoms with Crippen molar-refractivity contribution in [2.45, 2.75) is 50.9 Å². The highest BCUT2D eigenvalue weighted by molar-refractivity contribution is 5.86. The Hall–Kier alpha value is -0.820. The normalized spacial score (nSPS) is 19.4. The molecular formula is C13H24F3N3O. The average Bonchev–Trinajstić information content (AvgIpc) is 3.07. The Morgan fingerprint density at radius 3 is 2.30 bits per heavy atom. The third kappa shape index (κ3) is 4.94. The largest absolute Gasteiger partial charge is 0.390 e. The van der Waals surface area contributed by atoms with Crippen LogP contribution in [0.4, 0.5) is 13.2 Å². The molecule has 0 spiro atoms. The molecule has 1 aliphatic rings. The van der Waals surface area contributed by atoms with Crippen LogP contribution in [-0.2, 0) is 4.79 Å². The van der Waals surface area contributed by atoms with Gasteiger partial charge in [-0.25, -0.2) is 0 Å². The smallest absolute Gasteiger partial charge is 0.368 e. The Labute approximate surface area is 117 Å². The molecule has 0 radical (unpaired) electrons. The van der Waals surface area contributed by atoms with Crippen molar-refractivity contribution in [2.24, 2.45) is 11.7 Å². The molecule has 0 aromatic carbocycles. The zero-order valence-corrected chi connectivity index (χ0v) is 12.3. The van der Waals surface area contributed by atoms with E-state index in [0.717, 1.165) is 12.8 Å². The number of halogens is 3. The first-order valence-electron chi connectivity index (χ1n) is 6.90. The summed E-state index contributed by atoms with van der Waals surface area (Å²) in [5.74, 6) is -0.358. The van der Waals surface area contributed by atoms with E-state index in [1.165, 1.54) is 4.90 Å². The maximum Gasteiger partial charge on any atom is 0.390 e. The minimum absolute atomic E-state index is 0.0408. The minimum atomic E-state index is -4.19. The highest BCUT2D eigenvalue weighted by Gasteiger charge is 2.50. The summed E-state index contributed by atoms with van der Waals surface area (Å²) in [6.45, 7) is 3.87. The Balaban J connectivity index is 2.71. The molecule has 7 heteroatoms. The standard InChI is InChI=1S/C13H24F3N3O/c1-9(2)18-12(11(17)20,10-4-5-10)8-19(3)7-6-13(14,15)16/h9-10,18H,4-8H2,1-3H3,(H2,17,20). The molecule has 1 atom stereocenters. The summed E-state index contributed by atoms with van der Waals surface area (Å²) < 4.78 is 36.8. The molecule has 4 nitrogen and oxygen atoms in total. The summed E-state index contributed by atoms with van der Waals surface area (Å²) in [6.07, 6.45) is -3.30. The summed E-state index contributed by atoms with van der Waals surface area (Å²) >= 11 is 0. The van der Waals surface area contributed by atoms with E-state index in [2.05, 4.69) is 5.32 Å². The van der Waals surface area contributed by atoms with E-state index in [1.54, 1.807) is 7.05 Å². The van der Waals surface area contributed by atoms with Crippen molar-refractivity contribution in [3.63, 3.8) is 0 Å². The quantitative estimate of drug-likeness (QED) is 0.713. The first kappa shape index (κ1) is 17.2. The van der Waals surface area contributed by atoms with E-state index >= 15 is 0 Å². The molecule has 1 rings (SSSR count). The van der Waals surface area contributed by atoms with Gasteiger partial charge in [-0.1, -0.05) is 0 Å². The second-order valence-electron chi connectivity index (χ2n) is 6.01. The van der Waals surface area contributed by atoms with Crippen LogP contribution in [-0.4, -0.2) is 48.7 Å². The Morgan fingerprint density at radius 2 is 1.95 bits per heavy atom. The molecule has 1 aliphatic carbocycles. The maximum atomic E-state index is 12.3. The molecule has 0 aromatic rings. The van der Waals surface area contributed by atoms with E-state index in [1.807, 2.05) is 13.8 Å². The Kier molecular flexibility index (Phi) is 5.43. The number of carbonyl (C=O) groups is 1. The van der Waals surface area contributed by atoms with Crippen LogP contribution in [0, 0.1) is 5.92 Å². The molecule has 1 amide bonds. The van der Waals surface area contributed by atoms with Crippen molar-refractivity contribution >= 4 is 5.91 Å². The van der Waals surface area contributed by atoms with Crippen molar-refractivity contribution < 1.29 is 18.0 Å². The van der Waals surface area contributed by atoms with E-state index in [0.29, 0.717) is 0 Å². The maximum absolute atomic E-state index is 12.3. The molecule has 1 unspecified atom stereocenters. The third-order valence-electron chi connectivity index (χ3n) is 3.56. The van der Waals surface area contributed by atoms with E-state index in [-0.39, 0.29) is 25.0 Å². The van der Waals surface area contributed by atoms with Gasteiger partial charge in [-0.15, -0.1) is 0 Å². The molecule has 0 aliphatic heterocycles. The van der Waals surface area contributed by atoms with E-state index in [9.17, 15) is 18.0 Å². The molecule has 0 aromatic heterocycles. The van der Waals surface area contributed by atoms with Gasteiger partial charge in [-0.05, 0) is 39.7 Å². The second kappa shape index (κ2) is 6.30. The fourth-order valence-electron chi connectivity index (χ4n) is 2.56. The number of nitrogens with one attached hydrogen (secondary N) is 1. The average molecular weight is 295 g/mol. The molecule has 1 saturated carbocycles. The molecule has 0 saturated heterocycles. The van der Waals surface area contributed by atoms with Crippen LogP contribution in [0.5, 0.6) is 0 Å². The molecule has 118 valence electrons. The van der Waals surface area contributed by atoms with Crippen molar-refractivity contribution in [2.75, 3.05) is 20.1 Å². The van der Waals surface area contributed by atoms with Gasteiger partial charge in [0.15, 0.2) is 0 Å². The highest BCUT2D eigenvalue weighted by atomic mass is 19.4. The van der Waals surface area contributed by atoms with Crippen LogP contribution >= 0.6 is 0 Å². The number of amides is 1. The highest BCUT2D eigenvalue weighted by Crippen LogP contribution is 2.40. The monoisotopic (exact) mass is 295 g/mol. The van der Waals surface area contributed by atoms with Crippen molar-refractivity contribution in [3.8, 4) is 0 Å². The summed E-state index contributed by atoms with van der Waals surface area (Å²) in [5, 5.41) is 3.19. The molecule has 3 N–H and O–H groups in total. The number of primary amides is 1. The van der Waals surface area contributed by atoms with Crippen LogP contribution in [0.1, 0.15) is 33.1 Å². The zero-order valence-electron chi connectivity index (χ0n) is 12.3. The van der Waals surface area contributed by atoms with E-state index in [4.69, 9.17) is 5.73 Å². The van der Waals surface area contributed by atoms with Gasteiger partial charge in [-0.2, -0.15) is 13.2 Å². The summed E-state index contributed by atoms with van der Waals surface area (Å²) in [6, 6.07) is 0.0408. The van der Waals surface area contributed by atoms with Gasteiger partial charge in [0.05, 0.1) is 6.42 Å². The van der Waals surface area contributed by atoms with Crippen LogP contribution in [0.15, 0.2) is 0 Å². The molecular weight excluding hydrogens is 271 g/mol. The summed E-state index contributed by atoms with van der Waals surface area (Å²) in [4.78, 5) is 13.4. The fraction of sp³-hybridized carbons (Fsp3) is 0.923. The van der Waals surface area contributed by atoms with E-state index < -0.39 is 24.0 Å². The lowest BCUT2D eigenvalue weighted by molar-refractivity contribution is -0.138. The number of alkyl halides is 3. The number of hydrogen-bond donors (Lipinski definition) is 2. The van der Waals surface area contributed by atoms with Crippen molar-refractivity contribution in [3.05, 3.63) is 0 Å². The van der Waals surface area contributed by atoms with Gasteiger partial charge >= 0.3 is 6.18 Å². The second-order valence-corrected chi connectivity index (χ2v) is 6.01. The first-order chi connectivity index (χ1) is 9.07. The zero-order chi connectivity index (χ0) is 15.6. The van der Waals surface area contributed by atoms with Crippen molar-refractivity contribution in [1.29, 1.82) is 0 Å². The number of carbonyl (C=O) groups excluding carboxylic acids is 1. The number of likely N-dealkylation sites (N-methyl/N-ethyl adjacent to an activating group) is 1. The van der Waals surface area contributed by atoms with Crippen LogP contribution in [0.2, 0.25) is 0 Å². The number of rotatable bonds is 8. The van der Waals surface area contributed by atoms with Gasteiger partial charge in [-0.3, -0.25) is 10.1 Å².